The number of nitrogens with zero attached hydrogens (tertiary/aromatic N) is 2. The number of aryl methyl sites for hydroxylation is 1. The Labute approximate surface area is 157 Å². The number of benzene rings is 2. The molecule has 1 aliphatic rings. The lowest BCUT2D eigenvalue weighted by Gasteiger charge is -2.35. The lowest BCUT2D eigenvalue weighted by atomic mass is 9.87. The summed E-state index contributed by atoms with van der Waals surface area (Å²) in [5.74, 6) is -0.170. The van der Waals surface area contributed by atoms with E-state index in [9.17, 15) is 14.9 Å². The molecule has 0 spiro atoms. The van der Waals surface area contributed by atoms with Gasteiger partial charge < -0.3 is 4.90 Å². The smallest absolute Gasteiger partial charge is 0.288 e. The van der Waals surface area contributed by atoms with Crippen LogP contribution in [0.1, 0.15) is 41.3 Å². The zero-order valence-electron chi connectivity index (χ0n) is 14.7. The Morgan fingerprint density at radius 3 is 2.69 bits per heavy atom. The number of fused-ring (bicyclic) bond motifs is 1. The molecule has 1 unspecified atom stereocenters. The molecule has 1 amide bonds. The van der Waals surface area contributed by atoms with Crippen LogP contribution in [0.4, 0.5) is 5.69 Å². The van der Waals surface area contributed by atoms with E-state index >= 15 is 0 Å². The van der Waals surface area contributed by atoms with Gasteiger partial charge in [-0.25, -0.2) is 0 Å². The van der Waals surface area contributed by atoms with Gasteiger partial charge >= 0.3 is 0 Å². The Balaban J connectivity index is 1.87. The number of nitro groups is 1. The van der Waals surface area contributed by atoms with Crippen molar-refractivity contribution in [1.82, 2.24) is 4.90 Å². The molecule has 2 aromatic rings. The van der Waals surface area contributed by atoms with Gasteiger partial charge in [0.25, 0.3) is 11.6 Å². The topological polar surface area (TPSA) is 63.5 Å². The lowest BCUT2D eigenvalue weighted by molar-refractivity contribution is -0.384. The molecule has 6 heteroatoms. The number of carbonyl (C=O) groups is 1. The minimum Gasteiger partial charge on any atom is -0.335 e. The van der Waals surface area contributed by atoms with E-state index in [0.717, 1.165) is 25.7 Å². The Bertz CT molecular complexity index is 838. The van der Waals surface area contributed by atoms with Gasteiger partial charge in [0.2, 0.25) is 0 Å². The van der Waals surface area contributed by atoms with Gasteiger partial charge in [0.1, 0.15) is 5.02 Å². The van der Waals surface area contributed by atoms with E-state index < -0.39 is 4.92 Å². The van der Waals surface area contributed by atoms with E-state index in [0.29, 0.717) is 12.1 Å². The van der Waals surface area contributed by atoms with Crippen LogP contribution in [0.5, 0.6) is 0 Å². The lowest BCUT2D eigenvalue weighted by Crippen LogP contribution is -2.43. The highest BCUT2D eigenvalue weighted by Crippen LogP contribution is 2.28. The molecule has 0 heterocycles. The molecule has 0 aromatic heterocycles. The highest BCUT2D eigenvalue weighted by molar-refractivity contribution is 6.32. The van der Waals surface area contributed by atoms with Gasteiger partial charge in [-0.1, -0.05) is 42.8 Å². The zero-order valence-corrected chi connectivity index (χ0v) is 15.4. The Kier molecular flexibility index (Phi) is 5.57. The zero-order chi connectivity index (χ0) is 18.7. The van der Waals surface area contributed by atoms with Crippen molar-refractivity contribution < 1.29 is 9.72 Å². The third-order valence-electron chi connectivity index (χ3n) is 4.88. The average Bonchev–Trinajstić information content (AvgIpc) is 2.65. The van der Waals surface area contributed by atoms with E-state index in [-0.39, 0.29) is 22.7 Å². The summed E-state index contributed by atoms with van der Waals surface area (Å²) in [6.07, 6.45) is 3.49. The van der Waals surface area contributed by atoms with Crippen LogP contribution in [0.3, 0.4) is 0 Å². The summed E-state index contributed by atoms with van der Waals surface area (Å²) in [5.41, 5.74) is 2.70. The van der Waals surface area contributed by atoms with Gasteiger partial charge in [-0.15, -0.1) is 0 Å². The first-order valence-electron chi connectivity index (χ1n) is 8.83. The maximum Gasteiger partial charge on any atom is 0.288 e. The van der Waals surface area contributed by atoms with E-state index in [1.165, 1.54) is 23.3 Å². The van der Waals surface area contributed by atoms with Crippen LogP contribution in [0.15, 0.2) is 42.5 Å². The Morgan fingerprint density at radius 1 is 1.27 bits per heavy atom. The molecule has 0 fully saturated rings. The molecule has 0 saturated heterocycles. The fourth-order valence-electron chi connectivity index (χ4n) is 3.59. The predicted octanol–water partition coefficient (Wildman–Crippen LogP) is 4.66. The van der Waals surface area contributed by atoms with Crippen LogP contribution in [0, 0.1) is 10.1 Å². The second kappa shape index (κ2) is 7.87. The third-order valence-corrected chi connectivity index (χ3v) is 5.20. The SMILES string of the molecule is CCCN(C(=O)c1ccc(Cl)c([N+](=O)[O-])c1)C1CCc2ccccc2C1. The van der Waals surface area contributed by atoms with Gasteiger partial charge in [-0.05, 0) is 48.9 Å². The van der Waals surface area contributed by atoms with Crippen LogP contribution in [0.2, 0.25) is 5.02 Å². The molecule has 0 radical (unpaired) electrons. The van der Waals surface area contributed by atoms with E-state index in [1.807, 2.05) is 24.0 Å². The summed E-state index contributed by atoms with van der Waals surface area (Å²) in [7, 11) is 0. The molecule has 136 valence electrons. The van der Waals surface area contributed by atoms with Crippen LogP contribution < -0.4 is 0 Å². The fourth-order valence-corrected chi connectivity index (χ4v) is 3.77. The summed E-state index contributed by atoms with van der Waals surface area (Å²) in [5, 5.41) is 11.2. The van der Waals surface area contributed by atoms with Crippen LogP contribution >= 0.6 is 11.6 Å². The second-order valence-electron chi connectivity index (χ2n) is 6.59. The first-order valence-corrected chi connectivity index (χ1v) is 9.20. The average molecular weight is 373 g/mol. The first kappa shape index (κ1) is 18.4. The van der Waals surface area contributed by atoms with Crippen molar-refractivity contribution in [3.63, 3.8) is 0 Å². The predicted molar refractivity (Wildman–Crippen MR) is 102 cm³/mol. The van der Waals surface area contributed by atoms with Gasteiger partial charge in [-0.3, -0.25) is 14.9 Å². The third kappa shape index (κ3) is 3.73. The van der Waals surface area contributed by atoms with E-state index in [2.05, 4.69) is 12.1 Å². The van der Waals surface area contributed by atoms with Crippen LogP contribution in [-0.4, -0.2) is 28.3 Å². The summed E-state index contributed by atoms with van der Waals surface area (Å²) in [6.45, 7) is 2.66. The van der Waals surface area contributed by atoms with Crippen molar-refractivity contribution in [2.24, 2.45) is 0 Å². The molecule has 26 heavy (non-hydrogen) atoms. The van der Waals surface area contributed by atoms with Crippen molar-refractivity contribution in [2.75, 3.05) is 6.54 Å². The molecule has 2 aromatic carbocycles. The quantitative estimate of drug-likeness (QED) is 0.566. The summed E-state index contributed by atoms with van der Waals surface area (Å²) in [4.78, 5) is 25.5. The highest BCUT2D eigenvalue weighted by Gasteiger charge is 2.29. The van der Waals surface area contributed by atoms with Crippen LogP contribution in [0.25, 0.3) is 0 Å². The van der Waals surface area contributed by atoms with Gasteiger partial charge in [0, 0.05) is 24.2 Å². The maximum absolute atomic E-state index is 13.1. The fraction of sp³-hybridized carbons (Fsp3) is 0.350. The molecule has 5 nitrogen and oxygen atoms in total. The minimum atomic E-state index is -0.555. The largest absolute Gasteiger partial charge is 0.335 e. The number of carbonyl (C=O) groups excluding carboxylic acids is 1. The number of rotatable bonds is 5. The Morgan fingerprint density at radius 2 is 2.00 bits per heavy atom. The monoisotopic (exact) mass is 372 g/mol. The number of halogens is 1. The van der Waals surface area contributed by atoms with Gasteiger partial charge in [-0.2, -0.15) is 0 Å². The molecular formula is C20H21ClN2O3. The summed E-state index contributed by atoms with van der Waals surface area (Å²) >= 11 is 5.87. The standard InChI is InChI=1S/C20H21ClN2O3/c1-2-11-22(17-9-7-14-5-3-4-6-15(14)12-17)20(24)16-8-10-18(21)19(13-16)23(25)26/h3-6,8,10,13,17H,2,7,9,11-12H2,1H3. The molecule has 0 aliphatic heterocycles. The van der Waals surface area contributed by atoms with Crippen LogP contribution in [-0.2, 0) is 12.8 Å². The first-order chi connectivity index (χ1) is 12.5. The number of hydrogen-bond acceptors (Lipinski definition) is 3. The Hall–Kier alpha value is -2.40. The number of hydrogen-bond donors (Lipinski definition) is 0. The van der Waals surface area contributed by atoms with E-state index in [1.54, 1.807) is 6.07 Å². The van der Waals surface area contributed by atoms with Crippen molar-refractivity contribution >= 4 is 23.2 Å². The van der Waals surface area contributed by atoms with Crippen molar-refractivity contribution in [3.8, 4) is 0 Å². The minimum absolute atomic E-state index is 0.0418. The molecule has 0 saturated carbocycles. The van der Waals surface area contributed by atoms with E-state index in [4.69, 9.17) is 11.6 Å². The van der Waals surface area contributed by atoms with Gasteiger partial charge in [0.15, 0.2) is 0 Å². The molecule has 0 N–H and O–H groups in total. The summed E-state index contributed by atoms with van der Waals surface area (Å²) < 4.78 is 0. The number of amides is 1. The molecule has 0 bridgehead atoms. The molecular weight excluding hydrogens is 352 g/mol. The summed E-state index contributed by atoms with van der Waals surface area (Å²) in [6, 6.07) is 12.7. The highest BCUT2D eigenvalue weighted by atomic mass is 35.5. The number of nitro benzene ring substituents is 1. The molecule has 3 rings (SSSR count). The van der Waals surface area contributed by atoms with Crippen molar-refractivity contribution in [3.05, 3.63) is 74.3 Å². The molecule has 1 aliphatic carbocycles. The second-order valence-corrected chi connectivity index (χ2v) is 6.99. The van der Waals surface area contributed by atoms with Crippen molar-refractivity contribution in [1.29, 1.82) is 0 Å². The van der Waals surface area contributed by atoms with Crippen molar-refractivity contribution in [2.45, 2.75) is 38.6 Å². The normalized spacial score (nSPS) is 16.0. The van der Waals surface area contributed by atoms with Gasteiger partial charge in [0.05, 0.1) is 4.92 Å². The maximum atomic E-state index is 13.1. The molecule has 1 atom stereocenters.